The van der Waals surface area contributed by atoms with E-state index in [4.69, 9.17) is 4.74 Å². The lowest BCUT2D eigenvalue weighted by Crippen LogP contribution is -2.37. The lowest BCUT2D eigenvalue weighted by molar-refractivity contribution is -0.123. The molecule has 3 aromatic carbocycles. The SMILES string of the molecule is COc1ccccc1-c1nnc(SCC(=O)NCCN2C(=O)S/C(=C\c3ccccc3F)C2=O)n1-c1ccccc1. The fourth-order valence-corrected chi connectivity index (χ4v) is 5.73. The molecule has 1 saturated heterocycles. The molecular formula is C29H24FN5O4S2. The zero-order valence-electron chi connectivity index (χ0n) is 21.8. The molecule has 3 amide bonds. The van der Waals surface area contributed by atoms with E-state index < -0.39 is 17.0 Å². The van der Waals surface area contributed by atoms with Crippen molar-refractivity contribution in [1.82, 2.24) is 25.0 Å². The van der Waals surface area contributed by atoms with E-state index in [1.165, 1.54) is 30.0 Å². The molecule has 4 aromatic rings. The van der Waals surface area contributed by atoms with Crippen LogP contribution in [0, 0.1) is 5.82 Å². The van der Waals surface area contributed by atoms with Gasteiger partial charge < -0.3 is 10.1 Å². The fraction of sp³-hybridized carbons (Fsp3) is 0.138. The van der Waals surface area contributed by atoms with Gasteiger partial charge in [-0.2, -0.15) is 0 Å². The van der Waals surface area contributed by atoms with Crippen LogP contribution < -0.4 is 10.1 Å². The number of thioether (sulfide) groups is 2. The van der Waals surface area contributed by atoms with Crippen molar-refractivity contribution in [3.05, 3.63) is 95.1 Å². The molecule has 9 nitrogen and oxygen atoms in total. The molecule has 1 aliphatic heterocycles. The molecule has 1 N–H and O–H groups in total. The normalized spacial score (nSPS) is 14.1. The van der Waals surface area contributed by atoms with Gasteiger partial charge in [-0.15, -0.1) is 10.2 Å². The third kappa shape index (κ3) is 6.34. The number of para-hydroxylation sites is 2. The molecule has 0 aliphatic carbocycles. The first-order chi connectivity index (χ1) is 20.0. The maximum absolute atomic E-state index is 14.0. The van der Waals surface area contributed by atoms with E-state index >= 15 is 0 Å². The second kappa shape index (κ2) is 12.8. The van der Waals surface area contributed by atoms with E-state index in [-0.39, 0.29) is 35.2 Å². The summed E-state index contributed by atoms with van der Waals surface area (Å²) in [5.41, 5.74) is 1.80. The van der Waals surface area contributed by atoms with Crippen molar-refractivity contribution in [3.8, 4) is 22.8 Å². The van der Waals surface area contributed by atoms with E-state index in [2.05, 4.69) is 15.5 Å². The second-order valence-electron chi connectivity index (χ2n) is 8.67. The van der Waals surface area contributed by atoms with Crippen molar-refractivity contribution in [2.24, 2.45) is 0 Å². The molecule has 0 radical (unpaired) electrons. The maximum Gasteiger partial charge on any atom is 0.293 e. The third-order valence-corrected chi connectivity index (χ3v) is 7.89. The largest absolute Gasteiger partial charge is 0.496 e. The summed E-state index contributed by atoms with van der Waals surface area (Å²) in [7, 11) is 1.59. The van der Waals surface area contributed by atoms with Gasteiger partial charge in [-0.25, -0.2) is 4.39 Å². The Balaban J connectivity index is 1.22. The number of nitrogens with zero attached hydrogens (tertiary/aromatic N) is 4. The number of carbonyl (C=O) groups is 3. The topological polar surface area (TPSA) is 106 Å². The van der Waals surface area contributed by atoms with Crippen LogP contribution in [0.25, 0.3) is 23.2 Å². The minimum atomic E-state index is -0.522. The van der Waals surface area contributed by atoms with Gasteiger partial charge in [0.25, 0.3) is 11.1 Å². The number of hydrogen-bond donors (Lipinski definition) is 1. The molecule has 41 heavy (non-hydrogen) atoms. The van der Waals surface area contributed by atoms with Crippen LogP contribution in [0.15, 0.2) is 88.9 Å². The molecule has 5 rings (SSSR count). The highest BCUT2D eigenvalue weighted by Crippen LogP contribution is 2.34. The van der Waals surface area contributed by atoms with E-state index in [1.54, 1.807) is 19.2 Å². The summed E-state index contributed by atoms with van der Waals surface area (Å²) in [5, 5.41) is 11.5. The van der Waals surface area contributed by atoms with Crippen LogP contribution in [0.5, 0.6) is 5.75 Å². The smallest absolute Gasteiger partial charge is 0.293 e. The Kier molecular flexibility index (Phi) is 8.80. The Bertz CT molecular complexity index is 1630. The van der Waals surface area contributed by atoms with Crippen molar-refractivity contribution in [3.63, 3.8) is 0 Å². The van der Waals surface area contributed by atoms with Crippen molar-refractivity contribution >= 4 is 46.7 Å². The lowest BCUT2D eigenvalue weighted by atomic mass is 10.2. The van der Waals surface area contributed by atoms with E-state index in [1.807, 2.05) is 59.2 Å². The Morgan fingerprint density at radius 2 is 1.76 bits per heavy atom. The number of carbonyl (C=O) groups excluding carboxylic acids is 3. The third-order valence-electron chi connectivity index (χ3n) is 6.05. The summed E-state index contributed by atoms with van der Waals surface area (Å²) in [6, 6.07) is 23.0. The Labute approximate surface area is 243 Å². The molecule has 0 bridgehead atoms. The van der Waals surface area contributed by atoms with Crippen LogP contribution in [-0.4, -0.2) is 62.7 Å². The molecular weight excluding hydrogens is 565 g/mol. The maximum atomic E-state index is 14.0. The zero-order valence-corrected chi connectivity index (χ0v) is 23.5. The summed E-state index contributed by atoms with van der Waals surface area (Å²) >= 11 is 1.95. The van der Waals surface area contributed by atoms with Gasteiger partial charge in [-0.3, -0.25) is 23.9 Å². The number of aromatic nitrogens is 3. The summed E-state index contributed by atoms with van der Waals surface area (Å²) < 4.78 is 21.3. The Morgan fingerprint density at radius 3 is 2.54 bits per heavy atom. The van der Waals surface area contributed by atoms with Crippen molar-refractivity contribution in [1.29, 1.82) is 0 Å². The lowest BCUT2D eigenvalue weighted by Gasteiger charge is -2.13. The second-order valence-corrected chi connectivity index (χ2v) is 10.6. The highest BCUT2D eigenvalue weighted by molar-refractivity contribution is 8.18. The number of rotatable bonds is 10. The number of benzene rings is 3. The van der Waals surface area contributed by atoms with Gasteiger partial charge in [0.2, 0.25) is 5.91 Å². The molecule has 1 fully saturated rings. The monoisotopic (exact) mass is 589 g/mol. The number of hydrogen-bond acceptors (Lipinski definition) is 8. The van der Waals surface area contributed by atoms with Crippen LogP contribution in [0.2, 0.25) is 0 Å². The van der Waals surface area contributed by atoms with Gasteiger partial charge in [-0.05, 0) is 48.2 Å². The Hall–Kier alpha value is -4.42. The summed E-state index contributed by atoms with van der Waals surface area (Å²) in [5.74, 6) is -0.0626. The highest BCUT2D eigenvalue weighted by atomic mass is 32.2. The van der Waals surface area contributed by atoms with Gasteiger partial charge in [0, 0.05) is 24.3 Å². The number of methoxy groups -OCH3 is 1. The molecule has 1 aliphatic rings. The number of nitrogens with one attached hydrogen (secondary N) is 1. The van der Waals surface area contributed by atoms with Crippen molar-refractivity contribution in [2.75, 3.05) is 26.0 Å². The summed E-state index contributed by atoms with van der Waals surface area (Å²) in [6.45, 7) is 0.0656. The molecule has 0 saturated carbocycles. The summed E-state index contributed by atoms with van der Waals surface area (Å²) in [6.07, 6.45) is 1.36. The van der Waals surface area contributed by atoms with Crippen LogP contribution in [0.1, 0.15) is 5.56 Å². The van der Waals surface area contributed by atoms with Crippen LogP contribution in [0.4, 0.5) is 9.18 Å². The Morgan fingerprint density at radius 1 is 1.02 bits per heavy atom. The van der Waals surface area contributed by atoms with Crippen LogP contribution in [0.3, 0.4) is 0 Å². The quantitative estimate of drug-likeness (QED) is 0.203. The first-order valence-corrected chi connectivity index (χ1v) is 14.3. The van der Waals surface area contributed by atoms with Crippen molar-refractivity contribution < 1.29 is 23.5 Å². The van der Waals surface area contributed by atoms with Crippen LogP contribution >= 0.6 is 23.5 Å². The molecule has 0 unspecified atom stereocenters. The minimum Gasteiger partial charge on any atom is -0.496 e. The minimum absolute atomic E-state index is 0.00612. The molecule has 12 heteroatoms. The fourth-order valence-electron chi connectivity index (χ4n) is 4.09. The average Bonchev–Trinajstić information content (AvgIpc) is 3.53. The molecule has 1 aromatic heterocycles. The van der Waals surface area contributed by atoms with Gasteiger partial charge in [-0.1, -0.05) is 60.3 Å². The van der Waals surface area contributed by atoms with Gasteiger partial charge in [0.1, 0.15) is 11.6 Å². The number of halogens is 1. The molecule has 0 atom stereocenters. The zero-order chi connectivity index (χ0) is 28.8. The van der Waals surface area contributed by atoms with E-state index in [9.17, 15) is 18.8 Å². The molecule has 0 spiro atoms. The van der Waals surface area contributed by atoms with Crippen LogP contribution in [-0.2, 0) is 9.59 Å². The first kappa shape index (κ1) is 28.1. The number of imide groups is 1. The average molecular weight is 590 g/mol. The summed E-state index contributed by atoms with van der Waals surface area (Å²) in [4.78, 5) is 38.9. The highest BCUT2D eigenvalue weighted by Gasteiger charge is 2.34. The van der Waals surface area contributed by atoms with Gasteiger partial charge in [0.15, 0.2) is 11.0 Å². The van der Waals surface area contributed by atoms with Gasteiger partial charge >= 0.3 is 0 Å². The van der Waals surface area contributed by atoms with Crippen molar-refractivity contribution in [2.45, 2.75) is 5.16 Å². The standard InChI is InChI=1S/C29H24FN5O4S2/c1-39-23-14-8-6-12-21(23)26-32-33-28(35(26)20-10-3-2-4-11-20)40-18-25(36)31-15-16-34-27(37)24(41-29(34)38)17-19-9-5-7-13-22(19)30/h2-14,17H,15-16,18H2,1H3,(H,31,36)/b24-17-. The first-order valence-electron chi connectivity index (χ1n) is 12.5. The number of amides is 3. The molecule has 208 valence electrons. The predicted octanol–water partition coefficient (Wildman–Crippen LogP) is 5.03. The van der Waals surface area contributed by atoms with Gasteiger partial charge in [0.05, 0.1) is 23.3 Å². The molecule has 2 heterocycles. The predicted molar refractivity (Wildman–Crippen MR) is 156 cm³/mol. The number of ether oxygens (including phenoxy) is 1. The van der Waals surface area contributed by atoms with E-state index in [0.717, 1.165) is 27.9 Å². The van der Waals surface area contributed by atoms with E-state index in [0.29, 0.717) is 16.7 Å².